The lowest BCUT2D eigenvalue weighted by Gasteiger charge is -2.11. The van der Waals surface area contributed by atoms with Crippen molar-refractivity contribution in [2.45, 2.75) is 32.1 Å². The number of nitrogens with zero attached hydrogens (tertiary/aromatic N) is 2. The largest absolute Gasteiger partial charge is 0.482 e. The molecular weight excluding hydrogens is 394 g/mol. The number of nitrogens with one attached hydrogen (secondary N) is 1. The number of rotatable bonds is 9. The Balaban J connectivity index is 1.33. The van der Waals surface area contributed by atoms with Gasteiger partial charge in [-0.15, -0.1) is 0 Å². The zero-order valence-corrected chi connectivity index (χ0v) is 17.4. The minimum Gasteiger partial charge on any atom is -0.482 e. The van der Waals surface area contributed by atoms with Crippen LogP contribution in [0.2, 0.25) is 0 Å². The van der Waals surface area contributed by atoms with Crippen molar-refractivity contribution in [1.29, 1.82) is 0 Å². The van der Waals surface area contributed by atoms with Crippen LogP contribution in [0.4, 0.5) is 5.82 Å². The third-order valence-corrected chi connectivity index (χ3v) is 5.06. The summed E-state index contributed by atoms with van der Waals surface area (Å²) in [6.07, 6.45) is 3.02. The van der Waals surface area contributed by atoms with Crippen LogP contribution >= 0.6 is 0 Å². The minimum absolute atomic E-state index is 0.252. The van der Waals surface area contributed by atoms with Gasteiger partial charge in [0.1, 0.15) is 11.6 Å². The van der Waals surface area contributed by atoms with Gasteiger partial charge >= 0.3 is 5.97 Å². The molecule has 160 valence electrons. The van der Waals surface area contributed by atoms with Crippen molar-refractivity contribution in [2.75, 3.05) is 18.5 Å². The van der Waals surface area contributed by atoms with E-state index in [1.807, 2.05) is 61.5 Å². The Morgan fingerprint density at radius 3 is 2.55 bits per heavy atom. The van der Waals surface area contributed by atoms with Gasteiger partial charge in [-0.25, -0.2) is 9.48 Å². The van der Waals surface area contributed by atoms with Gasteiger partial charge in [-0.2, -0.15) is 5.10 Å². The number of aryl methyl sites for hydroxylation is 1. The van der Waals surface area contributed by atoms with E-state index in [9.17, 15) is 9.59 Å². The number of amides is 1. The lowest BCUT2D eigenvalue weighted by molar-refractivity contribution is -0.149. The van der Waals surface area contributed by atoms with Gasteiger partial charge in [-0.3, -0.25) is 4.79 Å². The Hall–Kier alpha value is -3.61. The Morgan fingerprint density at radius 2 is 1.81 bits per heavy atom. The summed E-state index contributed by atoms with van der Waals surface area (Å²) in [4.78, 5) is 24.4. The topological polar surface area (TPSA) is 82.4 Å². The standard InChI is InChI=1S/C24H25N3O4/c1-2-17-8-6-7-11-21(17)30-16-24(29)31-15-23(28)25-22-14-20(18-12-13-18)26-27(22)19-9-4-3-5-10-19/h3-11,14,18H,2,12-13,15-16H2,1H3,(H,25,28). The smallest absolute Gasteiger partial charge is 0.344 e. The van der Waals surface area contributed by atoms with E-state index in [0.717, 1.165) is 36.2 Å². The van der Waals surface area contributed by atoms with Crippen molar-refractivity contribution >= 4 is 17.7 Å². The van der Waals surface area contributed by atoms with Gasteiger partial charge in [0, 0.05) is 12.0 Å². The van der Waals surface area contributed by atoms with E-state index in [1.165, 1.54) is 0 Å². The highest BCUT2D eigenvalue weighted by molar-refractivity contribution is 5.92. The molecular formula is C24H25N3O4. The first-order valence-electron chi connectivity index (χ1n) is 10.5. The summed E-state index contributed by atoms with van der Waals surface area (Å²) in [5.41, 5.74) is 2.82. The average molecular weight is 419 g/mol. The van der Waals surface area contributed by atoms with E-state index < -0.39 is 18.5 Å². The second-order valence-electron chi connectivity index (χ2n) is 7.43. The lowest BCUT2D eigenvalue weighted by atomic mass is 10.1. The molecule has 0 radical (unpaired) electrons. The third-order valence-electron chi connectivity index (χ3n) is 5.06. The van der Waals surface area contributed by atoms with Crippen LogP contribution in [0.3, 0.4) is 0 Å². The SMILES string of the molecule is CCc1ccccc1OCC(=O)OCC(=O)Nc1cc(C2CC2)nn1-c1ccccc1. The van der Waals surface area contributed by atoms with Crippen LogP contribution in [0.15, 0.2) is 60.7 Å². The zero-order valence-electron chi connectivity index (χ0n) is 17.4. The Kier molecular flexibility index (Phi) is 6.31. The molecule has 4 rings (SSSR count). The lowest BCUT2D eigenvalue weighted by Crippen LogP contribution is -2.24. The molecule has 1 saturated carbocycles. The zero-order chi connectivity index (χ0) is 21.6. The molecule has 0 spiro atoms. The molecule has 7 heteroatoms. The summed E-state index contributed by atoms with van der Waals surface area (Å²) >= 11 is 0. The van der Waals surface area contributed by atoms with Crippen molar-refractivity contribution < 1.29 is 19.1 Å². The molecule has 0 bridgehead atoms. The van der Waals surface area contributed by atoms with Gasteiger partial charge in [0.15, 0.2) is 13.2 Å². The Morgan fingerprint density at radius 1 is 1.06 bits per heavy atom. The van der Waals surface area contributed by atoms with Gasteiger partial charge in [-0.05, 0) is 43.0 Å². The molecule has 1 heterocycles. The number of benzene rings is 2. The van der Waals surface area contributed by atoms with Gasteiger partial charge in [-0.1, -0.05) is 43.3 Å². The maximum Gasteiger partial charge on any atom is 0.344 e. The first-order chi connectivity index (χ1) is 15.1. The van der Waals surface area contributed by atoms with Crippen LogP contribution in [0, 0.1) is 0 Å². The molecule has 1 aliphatic carbocycles. The van der Waals surface area contributed by atoms with Crippen LogP contribution in [0.25, 0.3) is 5.69 Å². The van der Waals surface area contributed by atoms with E-state index in [1.54, 1.807) is 10.7 Å². The monoisotopic (exact) mass is 419 g/mol. The van der Waals surface area contributed by atoms with E-state index in [2.05, 4.69) is 10.4 Å². The normalized spacial score (nSPS) is 12.9. The van der Waals surface area contributed by atoms with Gasteiger partial charge in [0.05, 0.1) is 11.4 Å². The summed E-state index contributed by atoms with van der Waals surface area (Å²) in [5.74, 6) is 0.618. The summed E-state index contributed by atoms with van der Waals surface area (Å²) in [5, 5.41) is 7.45. The molecule has 31 heavy (non-hydrogen) atoms. The molecule has 1 aromatic heterocycles. The highest BCUT2D eigenvalue weighted by Crippen LogP contribution is 2.40. The molecule has 1 fully saturated rings. The van der Waals surface area contributed by atoms with Crippen LogP contribution in [0.5, 0.6) is 5.75 Å². The Bertz CT molecular complexity index is 1060. The predicted octanol–water partition coefficient (Wildman–Crippen LogP) is 3.87. The number of carbonyl (C=O) groups is 2. The van der Waals surface area contributed by atoms with Crippen LogP contribution in [-0.2, 0) is 20.7 Å². The summed E-state index contributed by atoms with van der Waals surface area (Å²) in [6, 6.07) is 19.0. The van der Waals surface area contributed by atoms with Crippen molar-refractivity contribution in [3.05, 3.63) is 71.9 Å². The molecule has 1 aliphatic rings. The first kappa shape index (κ1) is 20.7. The molecule has 2 aromatic carbocycles. The average Bonchev–Trinajstić information content (AvgIpc) is 3.57. The highest BCUT2D eigenvalue weighted by Gasteiger charge is 2.28. The number of aromatic nitrogens is 2. The summed E-state index contributed by atoms with van der Waals surface area (Å²) < 4.78 is 12.3. The molecule has 1 N–H and O–H groups in total. The van der Waals surface area contributed by atoms with E-state index in [0.29, 0.717) is 17.5 Å². The number of hydrogen-bond donors (Lipinski definition) is 1. The van der Waals surface area contributed by atoms with Gasteiger partial charge in [0.25, 0.3) is 5.91 Å². The third kappa shape index (κ3) is 5.31. The number of esters is 1. The van der Waals surface area contributed by atoms with Crippen LogP contribution < -0.4 is 10.1 Å². The van der Waals surface area contributed by atoms with E-state index in [-0.39, 0.29) is 6.61 Å². The van der Waals surface area contributed by atoms with Crippen LogP contribution in [-0.4, -0.2) is 34.9 Å². The maximum atomic E-state index is 12.4. The molecule has 0 atom stereocenters. The molecule has 1 amide bonds. The van der Waals surface area contributed by atoms with Crippen molar-refractivity contribution in [3.63, 3.8) is 0 Å². The highest BCUT2D eigenvalue weighted by atomic mass is 16.6. The Labute approximate surface area is 181 Å². The number of carbonyl (C=O) groups excluding carboxylic acids is 2. The van der Waals surface area contributed by atoms with Crippen molar-refractivity contribution in [1.82, 2.24) is 9.78 Å². The molecule has 3 aromatic rings. The number of ether oxygens (including phenoxy) is 2. The van der Waals surface area contributed by atoms with Crippen LogP contribution in [0.1, 0.15) is 36.9 Å². The fraction of sp³-hybridized carbons (Fsp3) is 0.292. The maximum absolute atomic E-state index is 12.4. The number of hydrogen-bond acceptors (Lipinski definition) is 5. The molecule has 0 aliphatic heterocycles. The number of para-hydroxylation sites is 2. The second-order valence-corrected chi connectivity index (χ2v) is 7.43. The van der Waals surface area contributed by atoms with E-state index >= 15 is 0 Å². The molecule has 7 nitrogen and oxygen atoms in total. The van der Waals surface area contributed by atoms with E-state index in [4.69, 9.17) is 9.47 Å². The predicted molar refractivity (Wildman–Crippen MR) is 116 cm³/mol. The minimum atomic E-state index is -0.601. The van der Waals surface area contributed by atoms with Gasteiger partial charge in [0.2, 0.25) is 0 Å². The summed E-state index contributed by atoms with van der Waals surface area (Å²) in [7, 11) is 0. The van der Waals surface area contributed by atoms with Crippen molar-refractivity contribution in [3.8, 4) is 11.4 Å². The van der Waals surface area contributed by atoms with Gasteiger partial charge < -0.3 is 14.8 Å². The molecule has 0 unspecified atom stereocenters. The second kappa shape index (κ2) is 9.47. The van der Waals surface area contributed by atoms with Crippen molar-refractivity contribution in [2.24, 2.45) is 0 Å². The quantitative estimate of drug-likeness (QED) is 0.533. The fourth-order valence-electron chi connectivity index (χ4n) is 3.27. The summed E-state index contributed by atoms with van der Waals surface area (Å²) in [6.45, 7) is 1.37. The fourth-order valence-corrected chi connectivity index (χ4v) is 3.27. The first-order valence-corrected chi connectivity index (χ1v) is 10.5. The molecule has 0 saturated heterocycles. The number of anilines is 1.